The number of nitrogens with zero attached hydrogens (tertiary/aromatic N) is 1. The van der Waals surface area contributed by atoms with Gasteiger partial charge in [0.15, 0.2) is 0 Å². The van der Waals surface area contributed by atoms with E-state index in [1.54, 1.807) is 0 Å². The Morgan fingerprint density at radius 2 is 1.92 bits per heavy atom. The van der Waals surface area contributed by atoms with Gasteiger partial charge in [-0.2, -0.15) is 5.26 Å². The summed E-state index contributed by atoms with van der Waals surface area (Å²) in [5, 5.41) is 8.59. The largest absolute Gasteiger partial charge is 0.198 e. The summed E-state index contributed by atoms with van der Waals surface area (Å²) in [4.78, 5) is 0. The molecule has 2 aliphatic rings. The van der Waals surface area contributed by atoms with E-state index in [9.17, 15) is 0 Å². The van der Waals surface area contributed by atoms with Crippen LogP contribution in [0.3, 0.4) is 0 Å². The molecule has 2 saturated carbocycles. The molecule has 1 heteroatoms. The number of fused-ring (bicyclic) bond motifs is 1. The predicted octanol–water partition coefficient (Wildman–Crippen LogP) is 3.26. The highest BCUT2D eigenvalue weighted by atomic mass is 14.5. The van der Waals surface area contributed by atoms with Crippen molar-refractivity contribution in [1.29, 1.82) is 5.26 Å². The summed E-state index contributed by atoms with van der Waals surface area (Å²) in [6.07, 6.45) is 10.6. The molecule has 0 atom stereocenters. The molecule has 1 nitrogen and oxygen atoms in total. The van der Waals surface area contributed by atoms with E-state index in [1.807, 2.05) is 0 Å². The molecule has 2 rings (SSSR count). The van der Waals surface area contributed by atoms with Gasteiger partial charge in [-0.15, -0.1) is 0 Å². The molecule has 0 bridgehead atoms. The third kappa shape index (κ3) is 1.14. The summed E-state index contributed by atoms with van der Waals surface area (Å²) < 4.78 is 0. The first-order valence-electron chi connectivity index (χ1n) is 5.24. The normalized spacial score (nSPS) is 39.4. The standard InChI is InChI=1S/C11H17N/c12-9-3-8-11-6-1-4-10(11)5-2-7-11/h10H,1-8H2. The summed E-state index contributed by atoms with van der Waals surface area (Å²) in [5.41, 5.74) is 0.635. The van der Waals surface area contributed by atoms with Gasteiger partial charge in [0.25, 0.3) is 0 Å². The van der Waals surface area contributed by atoms with Crippen LogP contribution in [0, 0.1) is 22.7 Å². The third-order valence-corrected chi connectivity index (χ3v) is 4.06. The summed E-state index contributed by atoms with van der Waals surface area (Å²) in [6.45, 7) is 0. The fourth-order valence-corrected chi connectivity index (χ4v) is 3.45. The molecular weight excluding hydrogens is 146 g/mol. The average molecular weight is 163 g/mol. The first-order valence-corrected chi connectivity index (χ1v) is 5.24. The fourth-order valence-electron chi connectivity index (χ4n) is 3.45. The van der Waals surface area contributed by atoms with Crippen LogP contribution in [-0.2, 0) is 0 Å². The van der Waals surface area contributed by atoms with E-state index in [0.29, 0.717) is 5.41 Å². The second-order valence-corrected chi connectivity index (χ2v) is 4.50. The van der Waals surface area contributed by atoms with Crippen LogP contribution in [0.4, 0.5) is 0 Å². The number of hydrogen-bond donors (Lipinski definition) is 0. The minimum atomic E-state index is 0.635. The van der Waals surface area contributed by atoms with Crippen molar-refractivity contribution in [2.75, 3.05) is 0 Å². The Balaban J connectivity index is 2.02. The van der Waals surface area contributed by atoms with E-state index in [2.05, 4.69) is 6.07 Å². The summed E-state index contributed by atoms with van der Waals surface area (Å²) >= 11 is 0. The van der Waals surface area contributed by atoms with E-state index in [-0.39, 0.29) is 0 Å². The highest BCUT2D eigenvalue weighted by Crippen LogP contribution is 2.56. The molecule has 0 aromatic heterocycles. The second-order valence-electron chi connectivity index (χ2n) is 4.50. The zero-order valence-electron chi connectivity index (χ0n) is 7.68. The molecule has 0 saturated heterocycles. The maximum atomic E-state index is 8.59. The average Bonchev–Trinajstić information content (AvgIpc) is 2.58. The monoisotopic (exact) mass is 163 g/mol. The molecule has 0 spiro atoms. The smallest absolute Gasteiger partial charge is 0.0621 e. The maximum absolute atomic E-state index is 8.59. The lowest BCUT2D eigenvalue weighted by molar-refractivity contribution is 0.224. The molecule has 66 valence electrons. The van der Waals surface area contributed by atoms with E-state index >= 15 is 0 Å². The Bertz CT molecular complexity index is 192. The van der Waals surface area contributed by atoms with Crippen LogP contribution in [0.25, 0.3) is 0 Å². The lowest BCUT2D eigenvalue weighted by Crippen LogP contribution is -2.19. The van der Waals surface area contributed by atoms with Crippen molar-refractivity contribution in [2.24, 2.45) is 11.3 Å². The van der Waals surface area contributed by atoms with Gasteiger partial charge in [-0.25, -0.2) is 0 Å². The number of nitriles is 1. The lowest BCUT2D eigenvalue weighted by Gasteiger charge is -2.28. The number of rotatable bonds is 2. The van der Waals surface area contributed by atoms with Gasteiger partial charge in [-0.3, -0.25) is 0 Å². The zero-order chi connectivity index (χ0) is 8.44. The van der Waals surface area contributed by atoms with Crippen molar-refractivity contribution in [3.8, 4) is 6.07 Å². The van der Waals surface area contributed by atoms with Crippen LogP contribution < -0.4 is 0 Å². The van der Waals surface area contributed by atoms with Crippen molar-refractivity contribution >= 4 is 0 Å². The van der Waals surface area contributed by atoms with Crippen molar-refractivity contribution in [2.45, 2.75) is 51.4 Å². The minimum absolute atomic E-state index is 0.635. The van der Waals surface area contributed by atoms with Crippen molar-refractivity contribution in [1.82, 2.24) is 0 Å². The van der Waals surface area contributed by atoms with E-state index in [1.165, 1.54) is 44.9 Å². The van der Waals surface area contributed by atoms with Crippen LogP contribution in [0.15, 0.2) is 0 Å². The molecule has 0 aliphatic heterocycles. The van der Waals surface area contributed by atoms with Crippen LogP contribution in [0.5, 0.6) is 0 Å². The third-order valence-electron chi connectivity index (χ3n) is 4.06. The van der Waals surface area contributed by atoms with Gasteiger partial charge in [0.05, 0.1) is 6.07 Å². The van der Waals surface area contributed by atoms with Crippen LogP contribution in [0.2, 0.25) is 0 Å². The molecule has 2 fully saturated rings. The molecule has 0 radical (unpaired) electrons. The van der Waals surface area contributed by atoms with Crippen LogP contribution in [-0.4, -0.2) is 0 Å². The number of hydrogen-bond acceptors (Lipinski definition) is 1. The molecule has 0 amide bonds. The Morgan fingerprint density at radius 1 is 1.25 bits per heavy atom. The maximum Gasteiger partial charge on any atom is 0.0621 e. The Kier molecular flexibility index (Phi) is 2.09. The Labute approximate surface area is 74.8 Å². The Morgan fingerprint density at radius 3 is 2.50 bits per heavy atom. The Hall–Kier alpha value is -0.510. The summed E-state index contributed by atoms with van der Waals surface area (Å²) in [7, 11) is 0. The van der Waals surface area contributed by atoms with Gasteiger partial charge in [0, 0.05) is 6.42 Å². The molecule has 12 heavy (non-hydrogen) atoms. The minimum Gasteiger partial charge on any atom is -0.198 e. The van der Waals surface area contributed by atoms with Crippen molar-refractivity contribution in [3.63, 3.8) is 0 Å². The second kappa shape index (κ2) is 3.09. The zero-order valence-corrected chi connectivity index (χ0v) is 7.68. The molecule has 0 unspecified atom stereocenters. The molecule has 2 aliphatic carbocycles. The molecule has 0 heterocycles. The summed E-state index contributed by atoms with van der Waals surface area (Å²) in [6, 6.07) is 2.30. The van der Waals surface area contributed by atoms with E-state index in [0.717, 1.165) is 12.3 Å². The van der Waals surface area contributed by atoms with Gasteiger partial charge in [-0.05, 0) is 43.4 Å². The van der Waals surface area contributed by atoms with Gasteiger partial charge in [0.2, 0.25) is 0 Å². The highest BCUT2D eigenvalue weighted by Gasteiger charge is 2.44. The van der Waals surface area contributed by atoms with Crippen molar-refractivity contribution in [3.05, 3.63) is 0 Å². The van der Waals surface area contributed by atoms with Crippen LogP contribution in [0.1, 0.15) is 51.4 Å². The fraction of sp³-hybridized carbons (Fsp3) is 0.909. The van der Waals surface area contributed by atoms with E-state index in [4.69, 9.17) is 5.26 Å². The van der Waals surface area contributed by atoms with Gasteiger partial charge in [-0.1, -0.05) is 12.8 Å². The van der Waals surface area contributed by atoms with Gasteiger partial charge >= 0.3 is 0 Å². The molecule has 0 aromatic rings. The lowest BCUT2D eigenvalue weighted by atomic mass is 9.77. The SMILES string of the molecule is N#CCCC12CCCC1CCC2. The first-order chi connectivity index (χ1) is 5.87. The quantitative estimate of drug-likeness (QED) is 0.613. The van der Waals surface area contributed by atoms with Crippen LogP contribution >= 0.6 is 0 Å². The first kappa shape index (κ1) is 8.10. The summed E-state index contributed by atoms with van der Waals surface area (Å²) in [5.74, 6) is 0.992. The topological polar surface area (TPSA) is 23.8 Å². The predicted molar refractivity (Wildman–Crippen MR) is 48.5 cm³/mol. The van der Waals surface area contributed by atoms with Gasteiger partial charge < -0.3 is 0 Å². The van der Waals surface area contributed by atoms with E-state index < -0.39 is 0 Å². The highest BCUT2D eigenvalue weighted by molar-refractivity contribution is 4.97. The van der Waals surface area contributed by atoms with Gasteiger partial charge in [0.1, 0.15) is 0 Å². The van der Waals surface area contributed by atoms with Crippen molar-refractivity contribution < 1.29 is 0 Å². The molecule has 0 N–H and O–H groups in total. The molecular formula is C11H17N. The molecule has 0 aromatic carbocycles.